The van der Waals surface area contributed by atoms with Crippen molar-refractivity contribution in [1.29, 1.82) is 0 Å². The van der Waals surface area contributed by atoms with Crippen molar-refractivity contribution < 1.29 is 5.11 Å². The lowest BCUT2D eigenvalue weighted by atomic mass is 10.2. The van der Waals surface area contributed by atoms with Gasteiger partial charge in [0.25, 0.3) is 0 Å². The summed E-state index contributed by atoms with van der Waals surface area (Å²) in [6.45, 7) is 3.56. The highest BCUT2D eigenvalue weighted by molar-refractivity contribution is 7.99. The van der Waals surface area contributed by atoms with Crippen LogP contribution in [-0.2, 0) is 0 Å². The first-order valence-corrected chi connectivity index (χ1v) is 5.67. The predicted molar refractivity (Wildman–Crippen MR) is 60.1 cm³/mol. The Hall–Kier alpha value is -1.40. The molecule has 0 bridgehead atoms. The van der Waals surface area contributed by atoms with Crippen LogP contribution < -0.4 is 0 Å². The number of hydrogen-bond acceptors (Lipinski definition) is 5. The summed E-state index contributed by atoms with van der Waals surface area (Å²) >= 11 is 1.38. The quantitative estimate of drug-likeness (QED) is 0.848. The lowest BCUT2D eigenvalue weighted by molar-refractivity contribution is 0.198. The fourth-order valence-corrected chi connectivity index (χ4v) is 1.86. The van der Waals surface area contributed by atoms with Crippen LogP contribution in [0, 0.1) is 6.92 Å². The van der Waals surface area contributed by atoms with Gasteiger partial charge >= 0.3 is 0 Å². The monoisotopic (exact) mass is 236 g/mol. The first-order valence-electron chi connectivity index (χ1n) is 4.86. The van der Waals surface area contributed by atoms with Crippen LogP contribution in [-0.4, -0.2) is 25.3 Å². The number of aromatic amines is 1. The molecule has 1 unspecified atom stereocenters. The SMILES string of the molecule is Cc1nc(Sc2ccc(C(C)O)cn2)n[nH]1. The molecule has 16 heavy (non-hydrogen) atoms. The van der Waals surface area contributed by atoms with E-state index in [1.165, 1.54) is 11.8 Å². The van der Waals surface area contributed by atoms with Crippen LogP contribution in [0.3, 0.4) is 0 Å². The molecule has 2 heterocycles. The molecule has 2 aromatic rings. The molecule has 84 valence electrons. The van der Waals surface area contributed by atoms with Crippen LogP contribution in [0.4, 0.5) is 0 Å². The zero-order valence-electron chi connectivity index (χ0n) is 9.01. The van der Waals surface area contributed by atoms with Gasteiger partial charge in [-0.3, -0.25) is 5.10 Å². The van der Waals surface area contributed by atoms with Crippen LogP contribution in [0.2, 0.25) is 0 Å². The standard InChI is InChI=1S/C10H12N4OS/c1-6(15)8-3-4-9(11-5-8)16-10-12-7(2)13-14-10/h3-6,15H,1-2H3,(H,12,13,14). The zero-order chi connectivity index (χ0) is 11.5. The normalized spacial score (nSPS) is 12.7. The average Bonchev–Trinajstić information content (AvgIpc) is 2.65. The van der Waals surface area contributed by atoms with Gasteiger partial charge in [0, 0.05) is 6.20 Å². The summed E-state index contributed by atoms with van der Waals surface area (Å²) in [6, 6.07) is 3.69. The molecule has 0 radical (unpaired) electrons. The van der Waals surface area contributed by atoms with Crippen molar-refractivity contribution in [3.05, 3.63) is 29.7 Å². The molecule has 0 amide bonds. The van der Waals surface area contributed by atoms with Gasteiger partial charge in [-0.2, -0.15) is 0 Å². The van der Waals surface area contributed by atoms with E-state index in [9.17, 15) is 5.11 Å². The highest BCUT2D eigenvalue weighted by atomic mass is 32.2. The van der Waals surface area contributed by atoms with Gasteiger partial charge in [-0.05, 0) is 37.2 Å². The van der Waals surface area contributed by atoms with Crippen molar-refractivity contribution in [3.8, 4) is 0 Å². The second-order valence-corrected chi connectivity index (χ2v) is 4.40. The second-order valence-electron chi connectivity index (χ2n) is 3.41. The van der Waals surface area contributed by atoms with Crippen LogP contribution in [0.1, 0.15) is 24.4 Å². The minimum absolute atomic E-state index is 0.489. The minimum atomic E-state index is -0.489. The molecule has 0 saturated heterocycles. The van der Waals surface area contributed by atoms with Gasteiger partial charge in [0.15, 0.2) is 0 Å². The molecule has 0 aliphatic heterocycles. The third-order valence-electron chi connectivity index (χ3n) is 2.01. The molecule has 0 fully saturated rings. The third kappa shape index (κ3) is 2.59. The molecule has 0 aliphatic carbocycles. The Morgan fingerprint density at radius 2 is 2.25 bits per heavy atom. The number of pyridine rings is 1. The summed E-state index contributed by atoms with van der Waals surface area (Å²) in [5.41, 5.74) is 0.801. The highest BCUT2D eigenvalue weighted by Crippen LogP contribution is 2.23. The van der Waals surface area contributed by atoms with E-state index in [1.807, 2.05) is 19.1 Å². The molecule has 0 spiro atoms. The van der Waals surface area contributed by atoms with Crippen LogP contribution in [0.25, 0.3) is 0 Å². The predicted octanol–water partition coefficient (Wildman–Crippen LogP) is 1.71. The van der Waals surface area contributed by atoms with Crippen molar-refractivity contribution in [2.45, 2.75) is 30.1 Å². The summed E-state index contributed by atoms with van der Waals surface area (Å²) in [7, 11) is 0. The number of nitrogens with one attached hydrogen (secondary N) is 1. The number of rotatable bonds is 3. The van der Waals surface area contributed by atoms with Crippen molar-refractivity contribution in [3.63, 3.8) is 0 Å². The molecule has 0 saturated carbocycles. The molecule has 5 nitrogen and oxygen atoms in total. The van der Waals surface area contributed by atoms with E-state index in [4.69, 9.17) is 0 Å². The third-order valence-corrected chi connectivity index (χ3v) is 2.83. The van der Waals surface area contributed by atoms with E-state index >= 15 is 0 Å². The number of aryl methyl sites for hydroxylation is 1. The Kier molecular flexibility index (Phi) is 3.21. The first-order chi connectivity index (χ1) is 7.65. The Labute approximate surface area is 97.3 Å². The van der Waals surface area contributed by atoms with E-state index in [1.54, 1.807) is 13.1 Å². The second kappa shape index (κ2) is 4.63. The van der Waals surface area contributed by atoms with Gasteiger partial charge in [-0.1, -0.05) is 6.07 Å². The summed E-state index contributed by atoms with van der Waals surface area (Å²) < 4.78 is 0. The number of H-pyrrole nitrogens is 1. The fraction of sp³-hybridized carbons (Fsp3) is 0.300. The maximum atomic E-state index is 9.33. The Balaban J connectivity index is 2.11. The zero-order valence-corrected chi connectivity index (χ0v) is 9.82. The van der Waals surface area contributed by atoms with Gasteiger partial charge < -0.3 is 5.11 Å². The number of aliphatic hydroxyl groups excluding tert-OH is 1. The summed E-state index contributed by atoms with van der Waals surface area (Å²) in [5.74, 6) is 0.781. The van der Waals surface area contributed by atoms with Gasteiger partial charge in [0.05, 0.1) is 6.10 Å². The Morgan fingerprint density at radius 3 is 2.75 bits per heavy atom. The molecule has 2 N–H and O–H groups in total. The van der Waals surface area contributed by atoms with Crippen molar-refractivity contribution >= 4 is 11.8 Å². The Bertz CT molecular complexity index is 466. The van der Waals surface area contributed by atoms with E-state index < -0.39 is 6.10 Å². The molecule has 2 aromatic heterocycles. The molecule has 0 aliphatic rings. The van der Waals surface area contributed by atoms with Gasteiger partial charge in [0.2, 0.25) is 5.16 Å². The maximum Gasteiger partial charge on any atom is 0.214 e. The average molecular weight is 236 g/mol. The molecular weight excluding hydrogens is 224 g/mol. The lowest BCUT2D eigenvalue weighted by Gasteiger charge is -2.03. The van der Waals surface area contributed by atoms with Gasteiger partial charge in [0.1, 0.15) is 10.9 Å². The van der Waals surface area contributed by atoms with E-state index in [0.29, 0.717) is 5.16 Å². The van der Waals surface area contributed by atoms with Gasteiger partial charge in [-0.15, -0.1) is 5.10 Å². The molecule has 2 rings (SSSR count). The highest BCUT2D eigenvalue weighted by Gasteiger charge is 2.05. The number of aliphatic hydroxyl groups is 1. The molecular formula is C10H12N4OS. The van der Waals surface area contributed by atoms with Crippen molar-refractivity contribution in [1.82, 2.24) is 20.2 Å². The summed E-state index contributed by atoms with van der Waals surface area (Å²) in [5, 5.41) is 17.6. The van der Waals surface area contributed by atoms with Crippen LogP contribution in [0.15, 0.2) is 28.5 Å². The number of nitrogens with zero attached hydrogens (tertiary/aromatic N) is 3. The largest absolute Gasteiger partial charge is 0.389 e. The number of hydrogen-bond donors (Lipinski definition) is 2. The summed E-state index contributed by atoms with van der Waals surface area (Å²) in [6.07, 6.45) is 1.17. The maximum absolute atomic E-state index is 9.33. The van der Waals surface area contributed by atoms with Crippen molar-refractivity contribution in [2.75, 3.05) is 0 Å². The van der Waals surface area contributed by atoms with E-state index in [2.05, 4.69) is 20.2 Å². The van der Waals surface area contributed by atoms with Crippen molar-refractivity contribution in [2.24, 2.45) is 0 Å². The molecule has 1 atom stereocenters. The van der Waals surface area contributed by atoms with E-state index in [-0.39, 0.29) is 0 Å². The minimum Gasteiger partial charge on any atom is -0.389 e. The fourth-order valence-electron chi connectivity index (χ4n) is 1.16. The van der Waals surface area contributed by atoms with Crippen LogP contribution in [0.5, 0.6) is 0 Å². The first kappa shape index (κ1) is 11.1. The lowest BCUT2D eigenvalue weighted by Crippen LogP contribution is -1.92. The molecule has 0 aromatic carbocycles. The Morgan fingerprint density at radius 1 is 1.44 bits per heavy atom. The van der Waals surface area contributed by atoms with E-state index in [0.717, 1.165) is 16.4 Å². The van der Waals surface area contributed by atoms with Crippen LogP contribution >= 0.6 is 11.8 Å². The van der Waals surface area contributed by atoms with Gasteiger partial charge in [-0.25, -0.2) is 9.97 Å². The molecule has 6 heteroatoms. The number of aromatic nitrogens is 4. The summed E-state index contributed by atoms with van der Waals surface area (Å²) in [4.78, 5) is 8.38. The topological polar surface area (TPSA) is 74.7 Å². The smallest absolute Gasteiger partial charge is 0.214 e.